The number of carbonyl (C=O) groups excluding carboxylic acids is 3. The highest BCUT2D eigenvalue weighted by Crippen LogP contribution is 2.43. The van der Waals surface area contributed by atoms with E-state index in [1.807, 2.05) is 152 Å². The van der Waals surface area contributed by atoms with Gasteiger partial charge in [0.15, 0.2) is 16.9 Å². The summed E-state index contributed by atoms with van der Waals surface area (Å²) in [6.45, 7) is -3.35. The molecule has 0 radical (unpaired) electrons. The minimum Gasteiger partial charge on any atom is -0.448 e. The van der Waals surface area contributed by atoms with Crippen molar-refractivity contribution in [3.05, 3.63) is 202 Å². The van der Waals surface area contributed by atoms with Gasteiger partial charge in [0.2, 0.25) is 0 Å². The van der Waals surface area contributed by atoms with Crippen LogP contribution in [0.15, 0.2) is 173 Å². The topological polar surface area (TPSA) is 122 Å². The lowest BCUT2D eigenvalue weighted by molar-refractivity contribution is -0.154. The third-order valence-corrected chi connectivity index (χ3v) is 12.6. The lowest BCUT2D eigenvalue weighted by Gasteiger charge is -2.49. The van der Waals surface area contributed by atoms with Crippen molar-refractivity contribution in [2.75, 3.05) is 16.9 Å². The number of nitrogens with zero attached hydrogens (tertiary/aromatic N) is 3. The molecule has 3 heterocycles. The maximum Gasteiger partial charge on any atom is 0.407 e. The molecule has 2 atom stereocenters. The number of ether oxygens (including phenoxy) is 1. The molecule has 308 valence electrons. The molecule has 0 saturated carbocycles. The van der Waals surface area contributed by atoms with Gasteiger partial charge in [0.25, 0.3) is 11.8 Å². The molecule has 2 N–H and O–H groups in total. The first-order valence-electron chi connectivity index (χ1n) is 19.1. The molecule has 10 nitrogen and oxygen atoms in total. The first kappa shape index (κ1) is 41.4. The van der Waals surface area contributed by atoms with Crippen molar-refractivity contribution in [2.24, 2.45) is 5.16 Å². The van der Waals surface area contributed by atoms with Gasteiger partial charge in [-0.25, -0.2) is 9.78 Å². The summed E-state index contributed by atoms with van der Waals surface area (Å²) < 4.78 is 33.1. The normalized spacial score (nSPS) is 16.5. The van der Waals surface area contributed by atoms with Crippen LogP contribution < -0.4 is 10.6 Å². The van der Waals surface area contributed by atoms with Crippen LogP contribution in [0.3, 0.4) is 0 Å². The molecule has 1 unspecified atom stereocenters. The third-order valence-electron chi connectivity index (χ3n) is 10.2. The van der Waals surface area contributed by atoms with Crippen LogP contribution in [-0.4, -0.2) is 63.0 Å². The van der Waals surface area contributed by atoms with E-state index in [1.165, 1.54) is 22.0 Å². The monoisotopic (exact) mass is 875 g/mol. The number of aromatic nitrogens is 1. The number of esters is 1. The van der Waals surface area contributed by atoms with Gasteiger partial charge < -0.3 is 20.2 Å². The quantitative estimate of drug-likeness (QED) is 0.0263. The summed E-state index contributed by atoms with van der Waals surface area (Å²) in [4.78, 5) is 52.2. The fourth-order valence-corrected chi connectivity index (χ4v) is 9.84. The Hall–Kier alpha value is -6.35. The lowest BCUT2D eigenvalue weighted by atomic mass is 9.77. The number of rotatable bonds is 15. The van der Waals surface area contributed by atoms with E-state index in [0.717, 1.165) is 39.2 Å². The molecule has 2 aliphatic heterocycles. The van der Waals surface area contributed by atoms with Crippen LogP contribution in [0, 0.1) is 0 Å². The number of fused-ring (bicyclic) bond motifs is 1. The Balaban J connectivity index is 1.05. The molecule has 0 spiro atoms. The Morgan fingerprint density at radius 3 is 1.82 bits per heavy atom. The number of anilines is 1. The van der Waals surface area contributed by atoms with Gasteiger partial charge in [-0.05, 0) is 33.4 Å². The first-order chi connectivity index (χ1) is 29.8. The molecule has 8 rings (SSSR count). The van der Waals surface area contributed by atoms with Crippen LogP contribution >= 0.6 is 34.7 Å². The van der Waals surface area contributed by atoms with Gasteiger partial charge in [-0.3, -0.25) is 14.5 Å². The highest BCUT2D eigenvalue weighted by Gasteiger charge is 2.55. The SMILES string of the molecule is O=C(NC1C(=O)N2C(C(=O)OC(c3ccccc3)c3ccccc3)=C(CCl)CS[C@@H]12)C(=NOC(F)F)c1csc(NC(c2ccccc2)(c2ccccc2)c2ccccc2)n1. The fourth-order valence-electron chi connectivity index (χ4n) is 7.41. The number of oxime groups is 1. The molecule has 2 amide bonds. The molecular weight excluding hydrogens is 840 g/mol. The van der Waals surface area contributed by atoms with Gasteiger partial charge >= 0.3 is 12.6 Å². The molecule has 0 aliphatic carbocycles. The largest absolute Gasteiger partial charge is 0.448 e. The number of thioether (sulfide) groups is 1. The van der Waals surface area contributed by atoms with Crippen molar-refractivity contribution in [2.45, 2.75) is 29.7 Å². The number of hydrogen-bond acceptors (Lipinski definition) is 10. The van der Waals surface area contributed by atoms with Crippen molar-refractivity contribution in [1.82, 2.24) is 15.2 Å². The van der Waals surface area contributed by atoms with Gasteiger partial charge in [0.1, 0.15) is 28.3 Å². The van der Waals surface area contributed by atoms with Crippen LogP contribution in [0.1, 0.15) is 39.6 Å². The number of hydrogen-bond donors (Lipinski definition) is 2. The van der Waals surface area contributed by atoms with E-state index in [9.17, 15) is 23.2 Å². The summed E-state index contributed by atoms with van der Waals surface area (Å²) in [7, 11) is 0. The van der Waals surface area contributed by atoms with E-state index in [-0.39, 0.29) is 23.0 Å². The van der Waals surface area contributed by atoms with Gasteiger partial charge in [-0.2, -0.15) is 8.78 Å². The molecule has 1 aromatic heterocycles. The molecule has 15 heteroatoms. The van der Waals surface area contributed by atoms with Gasteiger partial charge in [-0.15, -0.1) is 34.7 Å². The molecular formula is C46H36ClF2N5O5S2. The second-order valence-corrected chi connectivity index (χ2v) is 16.1. The second-order valence-electron chi connectivity index (χ2n) is 13.9. The van der Waals surface area contributed by atoms with E-state index in [0.29, 0.717) is 10.7 Å². The summed E-state index contributed by atoms with van der Waals surface area (Å²) in [5.74, 6) is -2.15. The predicted molar refractivity (Wildman–Crippen MR) is 232 cm³/mol. The highest BCUT2D eigenvalue weighted by molar-refractivity contribution is 8.00. The van der Waals surface area contributed by atoms with E-state index in [2.05, 4.69) is 25.6 Å². The summed E-state index contributed by atoms with van der Waals surface area (Å²) >= 11 is 8.74. The highest BCUT2D eigenvalue weighted by atomic mass is 35.5. The number of alkyl halides is 3. The second kappa shape index (κ2) is 18.5. The summed E-state index contributed by atoms with van der Waals surface area (Å²) in [5.41, 5.74) is 2.96. The minimum atomic E-state index is -3.35. The van der Waals surface area contributed by atoms with Crippen LogP contribution in [-0.2, 0) is 29.5 Å². The lowest BCUT2D eigenvalue weighted by Crippen LogP contribution is -2.71. The first-order valence-corrected chi connectivity index (χ1v) is 21.5. The van der Waals surface area contributed by atoms with Crippen LogP contribution in [0.25, 0.3) is 0 Å². The molecule has 2 aliphatic rings. The van der Waals surface area contributed by atoms with Crippen molar-refractivity contribution >= 4 is 63.3 Å². The van der Waals surface area contributed by atoms with Crippen molar-refractivity contribution < 1.29 is 32.7 Å². The van der Waals surface area contributed by atoms with Gasteiger partial charge in [0.05, 0.1) is 0 Å². The van der Waals surface area contributed by atoms with E-state index < -0.39 is 53.2 Å². The number of carbonyl (C=O) groups is 3. The smallest absolute Gasteiger partial charge is 0.407 e. The minimum absolute atomic E-state index is 0.00464. The molecule has 5 aromatic carbocycles. The number of halogens is 3. The third kappa shape index (κ3) is 8.51. The number of β-lactam (4-membered cyclic amide) rings is 1. The van der Waals surface area contributed by atoms with Crippen LogP contribution in [0.2, 0.25) is 0 Å². The Morgan fingerprint density at radius 1 is 0.820 bits per heavy atom. The summed E-state index contributed by atoms with van der Waals surface area (Å²) in [6.07, 6.45) is -0.789. The average molecular weight is 876 g/mol. The average Bonchev–Trinajstić information content (AvgIpc) is 3.77. The molecule has 1 saturated heterocycles. The maximum atomic E-state index is 14.1. The Bertz CT molecular complexity index is 2420. The number of nitrogens with one attached hydrogen (secondary N) is 2. The molecule has 1 fully saturated rings. The molecule has 61 heavy (non-hydrogen) atoms. The Kier molecular flexibility index (Phi) is 12.6. The molecule has 0 bridgehead atoms. The van der Waals surface area contributed by atoms with Crippen molar-refractivity contribution in [3.8, 4) is 0 Å². The van der Waals surface area contributed by atoms with Crippen molar-refractivity contribution in [3.63, 3.8) is 0 Å². The van der Waals surface area contributed by atoms with Gasteiger partial charge in [-0.1, -0.05) is 157 Å². The van der Waals surface area contributed by atoms with Gasteiger partial charge in [0, 0.05) is 17.0 Å². The predicted octanol–water partition coefficient (Wildman–Crippen LogP) is 8.72. The zero-order chi connectivity index (χ0) is 42.3. The summed E-state index contributed by atoms with van der Waals surface area (Å²) in [6, 6.07) is 46.5. The standard InChI is InChI=1S/C46H36ClF2N5O5S2/c47-26-31-27-60-42-37(41(56)54(42)38(31)43(57)58-39(29-16-6-1-7-17-29)30-18-8-2-9-19-30)51-40(55)36(53-59-44(48)49)35-28-61-45(50-35)52-46(32-20-10-3-11-21-32,33-22-12-4-13-23-33)34-24-14-5-15-25-34/h1-25,28,37,39,42,44H,26-27H2,(H,50,52)(H,51,55)/t37?,42-/m0/s1. The van der Waals surface area contributed by atoms with Crippen molar-refractivity contribution in [1.29, 1.82) is 0 Å². The van der Waals surface area contributed by atoms with Crippen LogP contribution in [0.4, 0.5) is 13.9 Å². The van der Waals surface area contributed by atoms with E-state index >= 15 is 0 Å². The van der Waals surface area contributed by atoms with E-state index in [1.54, 1.807) is 0 Å². The fraction of sp³-hybridized carbons (Fsp3) is 0.152. The zero-order valence-corrected chi connectivity index (χ0v) is 34.5. The number of benzene rings is 5. The summed E-state index contributed by atoms with van der Waals surface area (Å²) in [5, 5.41) is 10.8. The maximum absolute atomic E-state index is 14.1. The van der Waals surface area contributed by atoms with Crippen LogP contribution in [0.5, 0.6) is 0 Å². The Labute approximate surface area is 363 Å². The Morgan fingerprint density at radius 2 is 1.33 bits per heavy atom. The molecule has 6 aromatic rings. The zero-order valence-electron chi connectivity index (χ0n) is 32.1. The number of amides is 2. The van der Waals surface area contributed by atoms with E-state index in [4.69, 9.17) is 16.3 Å². The number of thiazole rings is 1.